The molecule has 0 radical (unpaired) electrons. The molecular weight excluding hydrogens is 446 g/mol. The molecule has 0 fully saturated rings. The van der Waals surface area contributed by atoms with Crippen LogP contribution in [0.25, 0.3) is 0 Å². The van der Waals surface area contributed by atoms with Gasteiger partial charge in [0, 0.05) is 29.4 Å². The average Bonchev–Trinajstić information content (AvgIpc) is 3.21. The van der Waals surface area contributed by atoms with Gasteiger partial charge in [0.2, 0.25) is 15.7 Å². The molecule has 9 nitrogen and oxygen atoms in total. The number of ether oxygens (including phenoxy) is 1. The van der Waals surface area contributed by atoms with Gasteiger partial charge in [0.25, 0.3) is 0 Å². The van der Waals surface area contributed by atoms with Crippen molar-refractivity contribution in [3.05, 3.63) is 65.4 Å². The minimum absolute atomic E-state index is 0.0366. The minimum atomic E-state index is -3.88. The van der Waals surface area contributed by atoms with Crippen molar-refractivity contribution in [1.82, 2.24) is 9.78 Å². The SMILES string of the molecule is COc1cc(NC(=O)CCn2nccc2C(=O)O)cc(S(=O)(=O)c2ccc(Cl)cc2)c1. The Bertz CT molecular complexity index is 1220. The van der Waals surface area contributed by atoms with Crippen molar-refractivity contribution in [1.29, 1.82) is 0 Å². The van der Waals surface area contributed by atoms with E-state index in [1.54, 1.807) is 0 Å². The molecule has 2 N–H and O–H groups in total. The standard InChI is InChI=1S/C20H18ClN3O6S/c1-30-15-10-14(23-19(25)7-9-24-18(20(26)27)6-8-22-24)11-17(12-15)31(28,29)16-4-2-13(21)3-5-16/h2-6,8,10-12H,7,9H2,1H3,(H,23,25)(H,26,27). The van der Waals surface area contributed by atoms with Crippen LogP contribution in [-0.2, 0) is 21.2 Å². The van der Waals surface area contributed by atoms with Crippen molar-refractivity contribution in [2.75, 3.05) is 12.4 Å². The third kappa shape index (κ3) is 5.22. The summed E-state index contributed by atoms with van der Waals surface area (Å²) in [7, 11) is -2.50. The first-order valence-electron chi connectivity index (χ1n) is 8.95. The highest BCUT2D eigenvalue weighted by Crippen LogP contribution is 2.29. The lowest BCUT2D eigenvalue weighted by atomic mass is 10.3. The van der Waals surface area contributed by atoms with Crippen LogP contribution < -0.4 is 10.1 Å². The second-order valence-electron chi connectivity index (χ2n) is 6.40. The van der Waals surface area contributed by atoms with Gasteiger partial charge < -0.3 is 15.2 Å². The zero-order valence-corrected chi connectivity index (χ0v) is 17.9. The van der Waals surface area contributed by atoms with E-state index in [0.717, 1.165) is 0 Å². The normalized spacial score (nSPS) is 11.2. The number of aromatic nitrogens is 2. The number of carbonyl (C=O) groups excluding carboxylic acids is 1. The lowest BCUT2D eigenvalue weighted by Gasteiger charge is -2.12. The zero-order chi connectivity index (χ0) is 22.6. The van der Waals surface area contributed by atoms with Gasteiger partial charge >= 0.3 is 5.97 Å². The van der Waals surface area contributed by atoms with E-state index >= 15 is 0 Å². The van der Waals surface area contributed by atoms with Crippen LogP contribution in [-0.4, -0.2) is 42.3 Å². The van der Waals surface area contributed by atoms with Crippen LogP contribution in [0.5, 0.6) is 5.75 Å². The van der Waals surface area contributed by atoms with Crippen LogP contribution in [0.15, 0.2) is 64.5 Å². The predicted octanol–water partition coefficient (Wildman–Crippen LogP) is 3.10. The average molecular weight is 464 g/mol. The molecule has 1 amide bonds. The van der Waals surface area contributed by atoms with E-state index in [1.807, 2.05) is 0 Å². The molecule has 0 aliphatic heterocycles. The van der Waals surface area contributed by atoms with Crippen LogP contribution in [0, 0.1) is 0 Å². The Hall–Kier alpha value is -3.37. The summed E-state index contributed by atoms with van der Waals surface area (Å²) in [5.41, 5.74) is 0.182. The van der Waals surface area contributed by atoms with E-state index in [4.69, 9.17) is 21.4 Å². The van der Waals surface area contributed by atoms with Crippen LogP contribution in [0.2, 0.25) is 5.02 Å². The van der Waals surface area contributed by atoms with Gasteiger partial charge in [-0.05, 0) is 42.5 Å². The number of amides is 1. The Labute approximate surface area is 183 Å². The number of methoxy groups -OCH3 is 1. The number of carboxylic acids is 1. The Balaban J connectivity index is 1.80. The Morgan fingerprint density at radius 2 is 1.84 bits per heavy atom. The quantitative estimate of drug-likeness (QED) is 0.525. The molecule has 1 heterocycles. The van der Waals surface area contributed by atoms with Crippen molar-refractivity contribution < 1.29 is 27.9 Å². The van der Waals surface area contributed by atoms with Gasteiger partial charge in [0.1, 0.15) is 11.4 Å². The van der Waals surface area contributed by atoms with Crippen LogP contribution >= 0.6 is 11.6 Å². The molecule has 162 valence electrons. The molecule has 0 aliphatic carbocycles. The number of sulfone groups is 1. The van der Waals surface area contributed by atoms with E-state index < -0.39 is 21.7 Å². The lowest BCUT2D eigenvalue weighted by Crippen LogP contribution is -2.17. The molecule has 11 heteroatoms. The maximum Gasteiger partial charge on any atom is 0.354 e. The summed E-state index contributed by atoms with van der Waals surface area (Å²) in [5.74, 6) is -1.36. The smallest absolute Gasteiger partial charge is 0.354 e. The number of rotatable bonds is 8. The first-order valence-corrected chi connectivity index (χ1v) is 10.8. The van der Waals surface area contributed by atoms with Gasteiger partial charge in [-0.25, -0.2) is 13.2 Å². The van der Waals surface area contributed by atoms with Crippen molar-refractivity contribution in [2.24, 2.45) is 0 Å². The molecule has 3 rings (SSSR count). The first-order chi connectivity index (χ1) is 14.7. The molecule has 0 unspecified atom stereocenters. The van der Waals surface area contributed by atoms with Gasteiger partial charge in [-0.3, -0.25) is 9.48 Å². The fraction of sp³-hybridized carbons (Fsp3) is 0.150. The van der Waals surface area contributed by atoms with Crippen LogP contribution in [0.1, 0.15) is 16.9 Å². The largest absolute Gasteiger partial charge is 0.497 e. The molecule has 0 spiro atoms. The van der Waals surface area contributed by atoms with Gasteiger partial charge in [0.05, 0.1) is 23.4 Å². The summed E-state index contributed by atoms with van der Waals surface area (Å²) in [6, 6.07) is 11.2. The maximum absolute atomic E-state index is 13.0. The van der Waals surface area contributed by atoms with Crippen molar-refractivity contribution in [3.63, 3.8) is 0 Å². The predicted molar refractivity (Wildman–Crippen MR) is 112 cm³/mol. The van der Waals surface area contributed by atoms with E-state index in [1.165, 1.54) is 66.5 Å². The molecule has 1 aromatic heterocycles. The topological polar surface area (TPSA) is 128 Å². The second kappa shape index (κ2) is 9.19. The summed E-state index contributed by atoms with van der Waals surface area (Å²) >= 11 is 5.83. The zero-order valence-electron chi connectivity index (χ0n) is 16.3. The number of aromatic carboxylic acids is 1. The van der Waals surface area contributed by atoms with E-state index in [9.17, 15) is 18.0 Å². The van der Waals surface area contributed by atoms with Gasteiger partial charge in [-0.1, -0.05) is 11.6 Å². The number of halogens is 1. The molecule has 2 aromatic carbocycles. The number of hydrogen-bond donors (Lipinski definition) is 2. The Morgan fingerprint density at radius 3 is 2.48 bits per heavy atom. The number of carbonyl (C=O) groups is 2. The van der Waals surface area contributed by atoms with Crippen LogP contribution in [0.3, 0.4) is 0 Å². The van der Waals surface area contributed by atoms with E-state index in [-0.39, 0.29) is 39.9 Å². The summed E-state index contributed by atoms with van der Waals surface area (Å²) in [5, 5.41) is 16.0. The molecular formula is C20H18ClN3O6S. The molecule has 31 heavy (non-hydrogen) atoms. The number of nitrogens with one attached hydrogen (secondary N) is 1. The van der Waals surface area contributed by atoms with Gasteiger partial charge in [-0.2, -0.15) is 5.10 Å². The summed E-state index contributed by atoms with van der Waals surface area (Å²) in [4.78, 5) is 23.4. The van der Waals surface area contributed by atoms with Crippen molar-refractivity contribution in [3.8, 4) is 5.75 Å². The summed E-state index contributed by atoms with van der Waals surface area (Å²) in [6.07, 6.45) is 1.26. The maximum atomic E-state index is 13.0. The van der Waals surface area contributed by atoms with Crippen molar-refractivity contribution >= 4 is 39.0 Å². The Morgan fingerprint density at radius 1 is 1.13 bits per heavy atom. The lowest BCUT2D eigenvalue weighted by molar-refractivity contribution is -0.116. The number of anilines is 1. The van der Waals surface area contributed by atoms with Crippen LogP contribution in [0.4, 0.5) is 5.69 Å². The highest BCUT2D eigenvalue weighted by molar-refractivity contribution is 7.91. The third-order valence-corrected chi connectivity index (χ3v) is 6.32. The van der Waals surface area contributed by atoms with Crippen molar-refractivity contribution in [2.45, 2.75) is 22.8 Å². The molecule has 0 saturated carbocycles. The summed E-state index contributed by atoms with van der Waals surface area (Å²) in [6.45, 7) is 0.0420. The number of hydrogen-bond acceptors (Lipinski definition) is 6. The minimum Gasteiger partial charge on any atom is -0.497 e. The third-order valence-electron chi connectivity index (χ3n) is 4.32. The molecule has 0 bridgehead atoms. The van der Waals surface area contributed by atoms with Gasteiger partial charge in [0.15, 0.2) is 0 Å². The number of benzene rings is 2. The first kappa shape index (κ1) is 22.3. The highest BCUT2D eigenvalue weighted by atomic mass is 35.5. The fourth-order valence-corrected chi connectivity index (χ4v) is 4.24. The van der Waals surface area contributed by atoms with E-state index in [0.29, 0.717) is 5.02 Å². The molecule has 3 aromatic rings. The fourth-order valence-electron chi connectivity index (χ4n) is 2.79. The molecule has 0 aliphatic rings. The Kier molecular flexibility index (Phi) is 6.62. The second-order valence-corrected chi connectivity index (χ2v) is 8.78. The monoisotopic (exact) mass is 463 g/mol. The van der Waals surface area contributed by atoms with E-state index in [2.05, 4.69) is 10.4 Å². The molecule has 0 atom stereocenters. The van der Waals surface area contributed by atoms with Gasteiger partial charge in [-0.15, -0.1) is 0 Å². The summed E-state index contributed by atoms with van der Waals surface area (Å²) < 4.78 is 32.3. The number of nitrogens with zero attached hydrogens (tertiary/aromatic N) is 2. The number of aryl methyl sites for hydroxylation is 1. The highest BCUT2D eigenvalue weighted by Gasteiger charge is 2.20. The molecule has 0 saturated heterocycles. The number of carboxylic acid groups (broad SMARTS) is 1.